The second-order valence-electron chi connectivity index (χ2n) is 12.2. The molecule has 8 atom stereocenters. The monoisotopic (exact) mass is 618 g/mol. The second kappa shape index (κ2) is 24.0. The van der Waals surface area contributed by atoms with Crippen LogP contribution in [0.1, 0.15) is 130 Å². The predicted molar refractivity (Wildman–Crippen MR) is 165 cm³/mol. The molecule has 1 aliphatic rings. The first kappa shape index (κ1) is 39.7. The van der Waals surface area contributed by atoms with Crippen LogP contribution in [0.5, 0.6) is 0 Å². The van der Waals surface area contributed by atoms with Crippen LogP contribution in [0.3, 0.4) is 0 Å². The van der Waals surface area contributed by atoms with Crippen molar-refractivity contribution in [3.63, 3.8) is 0 Å². The third kappa shape index (κ3) is 17.1. The van der Waals surface area contributed by atoms with E-state index in [4.69, 9.17) is 9.47 Å². The Balaban J connectivity index is 2.71. The molecule has 5 unspecified atom stereocenters. The number of carbonyl (C=O) groups excluding carboxylic acids is 2. The zero-order valence-corrected chi connectivity index (χ0v) is 26.9. The first-order chi connectivity index (χ1) is 20.6. The van der Waals surface area contributed by atoms with Gasteiger partial charge in [-0.1, -0.05) is 104 Å². The van der Waals surface area contributed by atoms with E-state index in [9.17, 15) is 35.1 Å². The van der Waals surface area contributed by atoms with Crippen LogP contribution < -0.4 is 10.6 Å². The van der Waals surface area contributed by atoms with Crippen molar-refractivity contribution in [2.45, 2.75) is 179 Å². The fraction of sp³-hybridized carbons (Fsp3) is 0.938. The molecule has 11 heteroatoms. The molecule has 0 radical (unpaired) electrons. The summed E-state index contributed by atoms with van der Waals surface area (Å²) >= 11 is 0. The van der Waals surface area contributed by atoms with E-state index < -0.39 is 49.0 Å². The molecular formula is C32H62N2O9. The van der Waals surface area contributed by atoms with Gasteiger partial charge in [-0.2, -0.15) is 0 Å². The number of aliphatic hydroxyl groups excluding tert-OH is 5. The lowest BCUT2D eigenvalue weighted by Gasteiger charge is -2.41. The topological polar surface area (TPSA) is 178 Å². The van der Waals surface area contributed by atoms with Gasteiger partial charge in [0.05, 0.1) is 18.8 Å². The average Bonchev–Trinajstić information content (AvgIpc) is 2.98. The molecule has 7 N–H and O–H groups in total. The highest BCUT2D eigenvalue weighted by Crippen LogP contribution is 2.23. The molecule has 2 amide bonds. The fourth-order valence-corrected chi connectivity index (χ4v) is 5.34. The summed E-state index contributed by atoms with van der Waals surface area (Å²) < 4.78 is 11.3. The van der Waals surface area contributed by atoms with Crippen molar-refractivity contribution in [3.05, 3.63) is 0 Å². The van der Waals surface area contributed by atoms with Gasteiger partial charge in [0.15, 0.2) is 6.29 Å². The van der Waals surface area contributed by atoms with Gasteiger partial charge >= 0.3 is 0 Å². The molecule has 43 heavy (non-hydrogen) atoms. The Hall–Kier alpha value is -1.34. The Morgan fingerprint density at radius 1 is 0.767 bits per heavy atom. The van der Waals surface area contributed by atoms with Gasteiger partial charge in [-0.05, 0) is 12.8 Å². The standard InChI is InChI=1S/C32H62N2O9/c1-4-6-8-10-12-14-16-18-20-27(37)34-24(28(38)25(36)19-17-15-13-11-9-7-5-2)22-42-32-31(41)30(40)29(39)26(43-32)21-33-23(3)35/h24-26,28-32,36,38-41H,4-22H2,1-3H3,(H,33,35)(H,34,37)/t24-,25+,26?,28-,29?,30?,31?,32?/m0/s1. The molecule has 1 saturated heterocycles. The van der Waals surface area contributed by atoms with E-state index in [2.05, 4.69) is 24.5 Å². The number of amides is 2. The molecule has 0 aliphatic carbocycles. The van der Waals surface area contributed by atoms with Crippen LogP contribution in [0.25, 0.3) is 0 Å². The van der Waals surface area contributed by atoms with Crippen LogP contribution in [0, 0.1) is 0 Å². The molecule has 0 aromatic rings. The normalized spacial score (nSPS) is 24.3. The second-order valence-corrected chi connectivity index (χ2v) is 12.2. The van der Waals surface area contributed by atoms with Crippen molar-refractivity contribution >= 4 is 11.8 Å². The summed E-state index contributed by atoms with van der Waals surface area (Å²) in [6, 6.07) is -0.991. The highest BCUT2D eigenvalue weighted by atomic mass is 16.7. The molecule has 1 rings (SSSR count). The van der Waals surface area contributed by atoms with E-state index in [0.717, 1.165) is 44.9 Å². The molecule has 0 aromatic heterocycles. The quantitative estimate of drug-likeness (QED) is 0.0758. The smallest absolute Gasteiger partial charge is 0.220 e. The minimum Gasteiger partial charge on any atom is -0.390 e. The molecule has 1 aliphatic heterocycles. The van der Waals surface area contributed by atoms with Crippen LogP contribution in [0.15, 0.2) is 0 Å². The van der Waals surface area contributed by atoms with Crippen molar-refractivity contribution in [1.29, 1.82) is 0 Å². The van der Waals surface area contributed by atoms with Gasteiger partial charge in [0.1, 0.15) is 30.5 Å². The van der Waals surface area contributed by atoms with Gasteiger partial charge in [0.25, 0.3) is 0 Å². The number of hydrogen-bond acceptors (Lipinski definition) is 9. The summed E-state index contributed by atoms with van der Waals surface area (Å²) in [6.07, 6.45) is 7.35. The average molecular weight is 619 g/mol. The zero-order chi connectivity index (χ0) is 32.0. The van der Waals surface area contributed by atoms with Gasteiger partial charge in [0.2, 0.25) is 11.8 Å². The summed E-state index contributed by atoms with van der Waals surface area (Å²) in [6.45, 7) is 5.23. The predicted octanol–water partition coefficient (Wildman–Crippen LogP) is 2.82. The van der Waals surface area contributed by atoms with Crippen LogP contribution in [-0.2, 0) is 19.1 Å². The number of aliphatic hydroxyl groups is 5. The molecule has 1 fully saturated rings. The Bertz CT molecular complexity index is 729. The third-order valence-electron chi connectivity index (χ3n) is 8.17. The lowest BCUT2D eigenvalue weighted by Crippen LogP contribution is -2.61. The highest BCUT2D eigenvalue weighted by molar-refractivity contribution is 5.76. The van der Waals surface area contributed by atoms with Gasteiger partial charge in [0, 0.05) is 19.9 Å². The summed E-state index contributed by atoms with van der Waals surface area (Å²) in [7, 11) is 0. The fourth-order valence-electron chi connectivity index (χ4n) is 5.34. The molecular weight excluding hydrogens is 556 g/mol. The minimum atomic E-state index is -1.60. The molecule has 0 aromatic carbocycles. The molecule has 11 nitrogen and oxygen atoms in total. The first-order valence-electron chi connectivity index (χ1n) is 16.8. The van der Waals surface area contributed by atoms with Crippen molar-refractivity contribution in [2.24, 2.45) is 0 Å². The lowest BCUT2D eigenvalue weighted by atomic mass is 9.98. The SMILES string of the molecule is CCCCCCCCCCC(=O)N[C@@H](COC1OC(CNC(C)=O)C(O)C(O)C1O)[C@H](O)[C@H](O)CCCCCCCCC. The first-order valence-corrected chi connectivity index (χ1v) is 16.8. The van der Waals surface area contributed by atoms with Crippen LogP contribution >= 0.6 is 0 Å². The molecule has 0 saturated carbocycles. The number of carbonyl (C=O) groups is 2. The summed E-state index contributed by atoms with van der Waals surface area (Å²) in [5.74, 6) is -0.628. The van der Waals surface area contributed by atoms with E-state index in [1.807, 2.05) is 0 Å². The number of unbranched alkanes of at least 4 members (excludes halogenated alkanes) is 13. The van der Waals surface area contributed by atoms with Crippen molar-refractivity contribution in [3.8, 4) is 0 Å². The number of nitrogens with one attached hydrogen (secondary N) is 2. The summed E-state index contributed by atoms with van der Waals surface area (Å²) in [4.78, 5) is 24.1. The Kier molecular flexibility index (Phi) is 22.1. The summed E-state index contributed by atoms with van der Waals surface area (Å²) in [5, 5.41) is 58.1. The maximum absolute atomic E-state index is 12.8. The van der Waals surface area contributed by atoms with E-state index in [1.54, 1.807) is 0 Å². The Morgan fingerprint density at radius 3 is 1.86 bits per heavy atom. The van der Waals surface area contributed by atoms with Gasteiger partial charge < -0.3 is 45.6 Å². The van der Waals surface area contributed by atoms with E-state index in [-0.39, 0.29) is 31.4 Å². The zero-order valence-electron chi connectivity index (χ0n) is 26.9. The lowest BCUT2D eigenvalue weighted by molar-refractivity contribution is -0.297. The van der Waals surface area contributed by atoms with Crippen molar-refractivity contribution < 1.29 is 44.6 Å². The molecule has 254 valence electrons. The van der Waals surface area contributed by atoms with Gasteiger partial charge in [-0.25, -0.2) is 0 Å². The van der Waals surface area contributed by atoms with Crippen LogP contribution in [0.2, 0.25) is 0 Å². The number of rotatable bonds is 25. The Labute approximate surface area is 259 Å². The van der Waals surface area contributed by atoms with E-state index in [1.165, 1.54) is 51.9 Å². The van der Waals surface area contributed by atoms with Crippen LogP contribution in [-0.4, -0.2) is 99.5 Å². The largest absolute Gasteiger partial charge is 0.390 e. The summed E-state index contributed by atoms with van der Waals surface area (Å²) in [5.41, 5.74) is 0. The maximum atomic E-state index is 12.8. The van der Waals surface area contributed by atoms with Crippen LogP contribution in [0.4, 0.5) is 0 Å². The minimum absolute atomic E-state index is 0.112. The van der Waals surface area contributed by atoms with Crippen molar-refractivity contribution in [2.75, 3.05) is 13.2 Å². The van der Waals surface area contributed by atoms with Crippen molar-refractivity contribution in [1.82, 2.24) is 10.6 Å². The Morgan fingerprint density at radius 2 is 1.30 bits per heavy atom. The highest BCUT2D eigenvalue weighted by Gasteiger charge is 2.44. The number of hydrogen-bond donors (Lipinski definition) is 7. The van der Waals surface area contributed by atoms with Gasteiger partial charge in [-0.15, -0.1) is 0 Å². The number of ether oxygens (including phenoxy) is 2. The molecule has 0 spiro atoms. The molecule has 0 bridgehead atoms. The molecule has 1 heterocycles. The van der Waals surface area contributed by atoms with Gasteiger partial charge in [-0.3, -0.25) is 9.59 Å². The third-order valence-corrected chi connectivity index (χ3v) is 8.17. The maximum Gasteiger partial charge on any atom is 0.220 e. The van der Waals surface area contributed by atoms with E-state index in [0.29, 0.717) is 12.8 Å². The van der Waals surface area contributed by atoms with E-state index >= 15 is 0 Å².